The summed E-state index contributed by atoms with van der Waals surface area (Å²) in [6.07, 6.45) is 18.1. The van der Waals surface area contributed by atoms with Crippen LogP contribution >= 0.6 is 0 Å². The van der Waals surface area contributed by atoms with E-state index in [4.69, 9.17) is 0 Å². The van der Waals surface area contributed by atoms with Crippen LogP contribution in [0.2, 0.25) is 0 Å². The van der Waals surface area contributed by atoms with Gasteiger partial charge in [-0.25, -0.2) is 0 Å². The molecular weight excluding hydrogens is 797 g/mol. The van der Waals surface area contributed by atoms with Crippen molar-refractivity contribution in [3.05, 3.63) is 291 Å². The molecular formula is C64H50N2. The predicted molar refractivity (Wildman–Crippen MR) is 281 cm³/mol. The lowest BCUT2D eigenvalue weighted by molar-refractivity contribution is 0.863. The van der Waals surface area contributed by atoms with E-state index in [1.807, 2.05) is 0 Å². The quantitative estimate of drug-likeness (QED) is 0.128. The summed E-state index contributed by atoms with van der Waals surface area (Å²) in [6, 6.07) is 85.4. The molecule has 1 unspecified atom stereocenters. The zero-order chi connectivity index (χ0) is 44.3. The van der Waals surface area contributed by atoms with Crippen molar-refractivity contribution < 1.29 is 0 Å². The van der Waals surface area contributed by atoms with Crippen LogP contribution in [0.1, 0.15) is 17.9 Å². The van der Waals surface area contributed by atoms with Crippen molar-refractivity contribution in [3.63, 3.8) is 0 Å². The highest BCUT2D eigenvalue weighted by atomic mass is 15.1. The summed E-state index contributed by atoms with van der Waals surface area (Å²) in [6.45, 7) is 0. The van der Waals surface area contributed by atoms with E-state index in [0.29, 0.717) is 0 Å². The first kappa shape index (κ1) is 41.5. The van der Waals surface area contributed by atoms with Crippen LogP contribution in [-0.2, 0) is 0 Å². The Balaban J connectivity index is 1.03. The molecule has 10 rings (SSSR count). The Morgan fingerprint density at radius 3 is 1.17 bits per heavy atom. The number of rotatable bonds is 11. The van der Waals surface area contributed by atoms with E-state index >= 15 is 0 Å². The monoisotopic (exact) mass is 846 g/mol. The molecule has 2 heteroatoms. The molecule has 9 aromatic rings. The number of anilines is 6. The average molecular weight is 847 g/mol. The summed E-state index contributed by atoms with van der Waals surface area (Å²) in [5, 5.41) is 0. The molecule has 0 N–H and O–H groups in total. The number of benzene rings is 9. The van der Waals surface area contributed by atoms with E-state index in [-0.39, 0.29) is 5.92 Å². The third-order valence-corrected chi connectivity index (χ3v) is 12.3. The first-order chi connectivity index (χ1) is 32.7. The summed E-state index contributed by atoms with van der Waals surface area (Å²) >= 11 is 0. The van der Waals surface area contributed by atoms with Gasteiger partial charge in [-0.15, -0.1) is 0 Å². The van der Waals surface area contributed by atoms with Gasteiger partial charge in [-0.3, -0.25) is 0 Å². The molecule has 1 aliphatic carbocycles. The Kier molecular flexibility index (Phi) is 12.5. The van der Waals surface area contributed by atoms with E-state index in [1.54, 1.807) is 0 Å². The maximum Gasteiger partial charge on any atom is 0.0468 e. The molecule has 0 saturated carbocycles. The fourth-order valence-corrected chi connectivity index (χ4v) is 8.86. The fraction of sp³-hybridized carbons (Fsp3) is 0.0312. The van der Waals surface area contributed by atoms with Crippen LogP contribution in [-0.4, -0.2) is 0 Å². The molecule has 0 fully saturated rings. The minimum Gasteiger partial charge on any atom is -0.311 e. The summed E-state index contributed by atoms with van der Waals surface area (Å²) in [4.78, 5) is 4.71. The van der Waals surface area contributed by atoms with Crippen LogP contribution in [0.15, 0.2) is 285 Å². The smallest absolute Gasteiger partial charge is 0.0468 e. The van der Waals surface area contributed by atoms with Crippen molar-refractivity contribution in [3.8, 4) is 44.5 Å². The van der Waals surface area contributed by atoms with Crippen molar-refractivity contribution in [1.82, 2.24) is 0 Å². The van der Waals surface area contributed by atoms with Gasteiger partial charge in [0.15, 0.2) is 0 Å². The van der Waals surface area contributed by atoms with Crippen molar-refractivity contribution in [2.45, 2.75) is 12.3 Å². The highest BCUT2D eigenvalue weighted by Crippen LogP contribution is 2.43. The molecule has 9 aromatic carbocycles. The van der Waals surface area contributed by atoms with Crippen molar-refractivity contribution in [1.29, 1.82) is 0 Å². The van der Waals surface area contributed by atoms with Gasteiger partial charge in [0.1, 0.15) is 0 Å². The Bertz CT molecular complexity index is 3100. The molecule has 0 spiro atoms. The molecule has 316 valence electrons. The van der Waals surface area contributed by atoms with E-state index in [0.717, 1.165) is 51.7 Å². The lowest BCUT2D eigenvalue weighted by atomic mass is 9.93. The number of allylic oxidation sites excluding steroid dienone is 8. The molecule has 0 heterocycles. The number of nitrogens with zero attached hydrogens (tertiary/aromatic N) is 2. The second kappa shape index (κ2) is 19.9. The molecule has 2 nitrogen and oxygen atoms in total. The van der Waals surface area contributed by atoms with Crippen LogP contribution in [0, 0.1) is 0 Å². The number of hydrogen-bond acceptors (Lipinski definition) is 2. The van der Waals surface area contributed by atoms with Gasteiger partial charge in [-0.2, -0.15) is 0 Å². The van der Waals surface area contributed by atoms with E-state index in [2.05, 4.69) is 295 Å². The molecule has 0 saturated heterocycles. The van der Waals surface area contributed by atoms with Crippen molar-refractivity contribution in [2.75, 3.05) is 9.80 Å². The highest BCUT2D eigenvalue weighted by Gasteiger charge is 2.19. The molecule has 0 radical (unpaired) electrons. The van der Waals surface area contributed by atoms with Crippen LogP contribution in [0.4, 0.5) is 34.1 Å². The maximum absolute atomic E-state index is 2.38. The molecule has 0 amide bonds. The minimum atomic E-state index is 0.278. The Morgan fingerprint density at radius 1 is 0.273 bits per heavy atom. The maximum atomic E-state index is 2.38. The van der Waals surface area contributed by atoms with Gasteiger partial charge in [0.2, 0.25) is 0 Å². The topological polar surface area (TPSA) is 6.48 Å². The highest BCUT2D eigenvalue weighted by molar-refractivity contribution is 5.90. The van der Waals surface area contributed by atoms with Gasteiger partial charge < -0.3 is 9.80 Å². The Labute approximate surface area is 389 Å². The van der Waals surface area contributed by atoms with Gasteiger partial charge >= 0.3 is 0 Å². The van der Waals surface area contributed by atoms with Gasteiger partial charge in [0.25, 0.3) is 0 Å². The van der Waals surface area contributed by atoms with Gasteiger partial charge in [0, 0.05) is 40.0 Å². The van der Waals surface area contributed by atoms with Gasteiger partial charge in [-0.05, 0) is 129 Å². The lowest BCUT2D eigenvalue weighted by Gasteiger charge is -2.28. The van der Waals surface area contributed by atoms with Gasteiger partial charge in [0.05, 0.1) is 0 Å². The predicted octanol–water partition coefficient (Wildman–Crippen LogP) is 18.0. The van der Waals surface area contributed by atoms with Gasteiger partial charge in [-0.1, -0.05) is 212 Å². The normalized spacial score (nSPS) is 15.2. The van der Waals surface area contributed by atoms with Crippen LogP contribution in [0.25, 0.3) is 44.5 Å². The summed E-state index contributed by atoms with van der Waals surface area (Å²) in [7, 11) is 0. The number of para-hydroxylation sites is 1. The molecule has 1 aliphatic rings. The molecule has 0 bridgehead atoms. The van der Waals surface area contributed by atoms with E-state index in [9.17, 15) is 0 Å². The Morgan fingerprint density at radius 2 is 0.636 bits per heavy atom. The second-order valence-corrected chi connectivity index (χ2v) is 16.5. The first-order valence-corrected chi connectivity index (χ1v) is 22.8. The van der Waals surface area contributed by atoms with Crippen LogP contribution < -0.4 is 9.80 Å². The van der Waals surface area contributed by atoms with Crippen LogP contribution in [0.5, 0.6) is 0 Å². The average Bonchev–Trinajstić information content (AvgIpc) is 3.40. The lowest BCUT2D eigenvalue weighted by Crippen LogP contribution is -2.10. The summed E-state index contributed by atoms with van der Waals surface area (Å²) < 4.78 is 0. The van der Waals surface area contributed by atoms with Crippen LogP contribution in [0.3, 0.4) is 0 Å². The SMILES string of the molecule is C1=C\C=C\CC(c2ccc(N(c3ccc(-c4ccccc4)cc3)c3ccc(-c4ccc(N(c5ccccc5)c5ccc(-c6ccccc6)cc5)cc4)c(-c4ccccc4)c3)cc2)\C=C\C=C/1. The molecule has 1 atom stereocenters. The largest absolute Gasteiger partial charge is 0.311 e. The molecule has 66 heavy (non-hydrogen) atoms. The Hall–Kier alpha value is -8.46. The zero-order valence-electron chi connectivity index (χ0n) is 36.8. The third kappa shape index (κ3) is 9.40. The van der Waals surface area contributed by atoms with Crippen molar-refractivity contribution >= 4 is 34.1 Å². The summed E-state index contributed by atoms with van der Waals surface area (Å²) in [5.74, 6) is 0.278. The number of hydrogen-bond donors (Lipinski definition) is 0. The first-order valence-electron chi connectivity index (χ1n) is 22.8. The molecule has 0 aromatic heterocycles. The second-order valence-electron chi connectivity index (χ2n) is 16.5. The summed E-state index contributed by atoms with van der Waals surface area (Å²) in [5.41, 5.74) is 17.3. The fourth-order valence-electron chi connectivity index (χ4n) is 8.86. The standard InChI is InChI=1S/C64H50N2/c1-2-4-10-20-49(21-11-5-3-1)53-32-40-60(41-33-53)66(61-42-34-54(35-43-61)51-24-14-7-15-25-51)62-46-47-63(64(48-62)55-26-16-8-17-27-55)56-36-44-59(45-37-56)65(57-28-18-9-19-29-57)58-38-30-52(31-39-58)50-22-12-6-13-23-50/h1-20,22-49H,21H2/b3-1-,4-2-,11-5+,20-10+. The van der Waals surface area contributed by atoms with E-state index in [1.165, 1.54) is 38.9 Å². The molecule has 0 aliphatic heterocycles. The van der Waals surface area contributed by atoms with E-state index < -0.39 is 0 Å². The third-order valence-electron chi connectivity index (χ3n) is 12.3. The zero-order valence-corrected chi connectivity index (χ0v) is 36.8. The minimum absolute atomic E-state index is 0.278. The van der Waals surface area contributed by atoms with Crippen molar-refractivity contribution in [2.24, 2.45) is 0 Å².